The first-order valence-electron chi connectivity index (χ1n) is 12.7. The number of carbonyl (C=O) groups is 1. The summed E-state index contributed by atoms with van der Waals surface area (Å²) in [6.45, 7) is 3.30. The Balaban J connectivity index is 1.08. The average Bonchev–Trinajstić information content (AvgIpc) is 3.19. The summed E-state index contributed by atoms with van der Waals surface area (Å²) in [6, 6.07) is 11.8. The van der Waals surface area contributed by atoms with Crippen LogP contribution in [-0.4, -0.2) is 21.9 Å². The molecule has 4 fully saturated rings. The van der Waals surface area contributed by atoms with Gasteiger partial charge in [0.2, 0.25) is 0 Å². The van der Waals surface area contributed by atoms with Crippen molar-refractivity contribution in [1.29, 1.82) is 0 Å². The summed E-state index contributed by atoms with van der Waals surface area (Å²) in [5.41, 5.74) is 3.51. The quantitative estimate of drug-likeness (QED) is 0.449. The highest BCUT2D eigenvalue weighted by atomic mass is 35.5. The number of nitrogens with zero attached hydrogens (tertiary/aromatic N) is 2. The van der Waals surface area contributed by atoms with E-state index in [0.29, 0.717) is 29.1 Å². The van der Waals surface area contributed by atoms with Gasteiger partial charge in [-0.1, -0.05) is 30.7 Å². The van der Waals surface area contributed by atoms with E-state index in [1.54, 1.807) is 16.7 Å². The number of fused-ring (bicyclic) bond motifs is 1. The lowest BCUT2D eigenvalue weighted by Gasteiger charge is -2.56. The first-order chi connectivity index (χ1) is 16.5. The molecular weight excluding hydrogens is 446 g/mol. The number of hydrogen-bond acceptors (Lipinski definition) is 3. The third kappa shape index (κ3) is 4.08. The van der Waals surface area contributed by atoms with Gasteiger partial charge in [-0.25, -0.2) is 4.98 Å². The Morgan fingerprint density at radius 3 is 2.41 bits per heavy atom. The largest absolute Gasteiger partial charge is 0.493 e. The molecule has 6 heteroatoms. The molecule has 0 atom stereocenters. The molecule has 4 aliphatic carbocycles. The van der Waals surface area contributed by atoms with E-state index in [2.05, 4.69) is 10.3 Å². The summed E-state index contributed by atoms with van der Waals surface area (Å²) in [5, 5.41) is 3.62. The molecule has 4 bridgehead atoms. The molecule has 7 rings (SSSR count). The van der Waals surface area contributed by atoms with Gasteiger partial charge in [0, 0.05) is 18.2 Å². The fourth-order valence-electron chi connectivity index (χ4n) is 7.23. The second kappa shape index (κ2) is 8.60. The molecule has 0 spiro atoms. The zero-order valence-corrected chi connectivity index (χ0v) is 20.5. The Morgan fingerprint density at radius 1 is 1.09 bits per heavy atom. The van der Waals surface area contributed by atoms with E-state index in [0.717, 1.165) is 47.0 Å². The van der Waals surface area contributed by atoms with Gasteiger partial charge >= 0.3 is 0 Å². The van der Waals surface area contributed by atoms with Gasteiger partial charge in [0.25, 0.3) is 5.91 Å². The lowest BCUT2D eigenvalue weighted by molar-refractivity contribution is -0.0745. The van der Waals surface area contributed by atoms with Gasteiger partial charge in [0.05, 0.1) is 17.3 Å². The summed E-state index contributed by atoms with van der Waals surface area (Å²) in [7, 11) is 0. The highest BCUT2D eigenvalue weighted by Gasteiger charge is 2.51. The molecule has 0 saturated heterocycles. The van der Waals surface area contributed by atoms with Crippen molar-refractivity contribution >= 4 is 23.2 Å². The van der Waals surface area contributed by atoms with Gasteiger partial charge in [-0.3, -0.25) is 9.20 Å². The zero-order chi connectivity index (χ0) is 23.3. The fourth-order valence-corrected chi connectivity index (χ4v) is 7.39. The van der Waals surface area contributed by atoms with E-state index >= 15 is 0 Å². The number of rotatable bonds is 7. The van der Waals surface area contributed by atoms with Crippen LogP contribution >= 0.6 is 11.6 Å². The minimum absolute atomic E-state index is 0.145. The van der Waals surface area contributed by atoms with Gasteiger partial charge in [-0.15, -0.1) is 0 Å². The van der Waals surface area contributed by atoms with Crippen molar-refractivity contribution < 1.29 is 9.53 Å². The summed E-state index contributed by atoms with van der Waals surface area (Å²) < 4.78 is 8.08. The third-order valence-corrected chi connectivity index (χ3v) is 8.51. The van der Waals surface area contributed by atoms with Crippen LogP contribution < -0.4 is 10.1 Å². The number of amides is 1. The van der Waals surface area contributed by atoms with Crippen LogP contribution in [0.25, 0.3) is 5.65 Å². The number of imidazole rings is 1. The Hall–Kier alpha value is -2.53. The molecule has 1 N–H and O–H groups in total. The number of benzene rings is 1. The van der Waals surface area contributed by atoms with Crippen molar-refractivity contribution in [1.82, 2.24) is 14.7 Å². The molecule has 0 radical (unpaired) electrons. The Bertz CT molecular complexity index is 1180. The van der Waals surface area contributed by atoms with Crippen LogP contribution in [0.5, 0.6) is 5.75 Å². The molecule has 1 amide bonds. The van der Waals surface area contributed by atoms with Crippen LogP contribution in [0, 0.1) is 23.2 Å². The van der Waals surface area contributed by atoms with Crippen LogP contribution in [0.15, 0.2) is 42.6 Å². The average molecular weight is 478 g/mol. The van der Waals surface area contributed by atoms with Crippen molar-refractivity contribution in [2.75, 3.05) is 6.61 Å². The van der Waals surface area contributed by atoms with Gasteiger partial charge in [-0.2, -0.15) is 0 Å². The van der Waals surface area contributed by atoms with Crippen LogP contribution in [-0.2, 0) is 13.0 Å². The number of hydrogen-bond donors (Lipinski definition) is 1. The molecule has 0 unspecified atom stereocenters. The van der Waals surface area contributed by atoms with E-state index in [9.17, 15) is 4.79 Å². The van der Waals surface area contributed by atoms with Crippen molar-refractivity contribution in [2.45, 2.75) is 58.4 Å². The second-order valence-corrected chi connectivity index (χ2v) is 11.3. The topological polar surface area (TPSA) is 55.6 Å². The van der Waals surface area contributed by atoms with Crippen molar-refractivity contribution in [3.63, 3.8) is 0 Å². The van der Waals surface area contributed by atoms with E-state index in [1.165, 1.54) is 38.5 Å². The molecule has 5 nitrogen and oxygen atoms in total. The Kier molecular flexibility index (Phi) is 5.56. The van der Waals surface area contributed by atoms with Crippen LogP contribution in [0.1, 0.15) is 67.2 Å². The van der Waals surface area contributed by atoms with Gasteiger partial charge < -0.3 is 10.1 Å². The third-order valence-electron chi connectivity index (χ3n) is 8.29. The van der Waals surface area contributed by atoms with Crippen molar-refractivity contribution in [3.05, 3.63) is 64.6 Å². The molecule has 34 heavy (non-hydrogen) atoms. The molecule has 1 aromatic carbocycles. The summed E-state index contributed by atoms with van der Waals surface area (Å²) in [4.78, 5) is 17.6. The monoisotopic (exact) mass is 477 g/mol. The number of halogens is 1. The summed E-state index contributed by atoms with van der Waals surface area (Å²) in [5.74, 6) is 3.61. The van der Waals surface area contributed by atoms with Gasteiger partial charge in [0.1, 0.15) is 17.1 Å². The van der Waals surface area contributed by atoms with Crippen LogP contribution in [0.4, 0.5) is 0 Å². The molecule has 0 aliphatic heterocycles. The minimum atomic E-state index is -0.145. The molecule has 4 saturated carbocycles. The standard InChI is InChI=1S/C28H32ClN3O2/c1-2-24-26(32-16-22(29)5-8-25(32)31-24)27(33)30-15-18-3-6-23(7-4-18)34-17-28-12-19-9-20(13-28)11-21(10-19)14-28/h3-8,16,19-21H,2,9-15,17H2,1H3,(H,30,33). The summed E-state index contributed by atoms with van der Waals surface area (Å²) in [6.07, 6.45) is 10.9. The lowest BCUT2D eigenvalue weighted by atomic mass is 9.50. The number of aromatic nitrogens is 2. The van der Waals surface area contributed by atoms with Crippen LogP contribution in [0.3, 0.4) is 0 Å². The normalized spacial score (nSPS) is 27.3. The van der Waals surface area contributed by atoms with Crippen molar-refractivity contribution in [2.24, 2.45) is 23.2 Å². The van der Waals surface area contributed by atoms with E-state index < -0.39 is 0 Å². The second-order valence-electron chi connectivity index (χ2n) is 10.9. The zero-order valence-electron chi connectivity index (χ0n) is 19.7. The van der Waals surface area contributed by atoms with Crippen LogP contribution in [0.2, 0.25) is 5.02 Å². The van der Waals surface area contributed by atoms with Crippen molar-refractivity contribution in [3.8, 4) is 5.75 Å². The van der Waals surface area contributed by atoms with Gasteiger partial charge in [0.15, 0.2) is 0 Å². The molecule has 178 valence electrons. The predicted molar refractivity (Wildman–Crippen MR) is 133 cm³/mol. The minimum Gasteiger partial charge on any atom is -0.493 e. The number of nitrogens with one attached hydrogen (secondary N) is 1. The van der Waals surface area contributed by atoms with Gasteiger partial charge in [-0.05, 0) is 92.5 Å². The molecule has 3 aromatic rings. The molecular formula is C28H32ClN3O2. The summed E-state index contributed by atoms with van der Waals surface area (Å²) >= 11 is 6.16. The smallest absolute Gasteiger partial charge is 0.270 e. The molecule has 2 heterocycles. The van der Waals surface area contributed by atoms with E-state index in [-0.39, 0.29) is 5.91 Å². The van der Waals surface area contributed by atoms with E-state index in [1.807, 2.05) is 37.3 Å². The Labute approximate surface area is 205 Å². The maximum atomic E-state index is 13.0. The lowest BCUT2D eigenvalue weighted by Crippen LogP contribution is -2.48. The first kappa shape index (κ1) is 22.0. The SMILES string of the molecule is CCc1nc2ccc(Cl)cn2c1C(=O)NCc1ccc(OCC23CC4CC(CC(C4)C2)C3)cc1. The molecule has 2 aromatic heterocycles. The maximum absolute atomic E-state index is 13.0. The number of pyridine rings is 1. The number of ether oxygens (including phenoxy) is 1. The number of carbonyl (C=O) groups excluding carboxylic acids is 1. The maximum Gasteiger partial charge on any atom is 0.270 e. The highest BCUT2D eigenvalue weighted by Crippen LogP contribution is 2.60. The Morgan fingerprint density at radius 2 is 1.76 bits per heavy atom. The predicted octanol–water partition coefficient (Wildman–Crippen LogP) is 6.08. The van der Waals surface area contributed by atoms with E-state index in [4.69, 9.17) is 16.3 Å². The molecule has 4 aliphatic rings. The highest BCUT2D eigenvalue weighted by molar-refractivity contribution is 6.30. The fraction of sp³-hybridized carbons (Fsp3) is 0.500. The number of aryl methyl sites for hydroxylation is 1. The first-order valence-corrected chi connectivity index (χ1v) is 13.0.